The Morgan fingerprint density at radius 3 is 1.40 bits per heavy atom. The van der Waals surface area contributed by atoms with Crippen molar-refractivity contribution in [1.29, 1.82) is 0 Å². The van der Waals surface area contributed by atoms with Gasteiger partial charge in [0.2, 0.25) is 0 Å². The first kappa shape index (κ1) is 13.5. The van der Waals surface area contributed by atoms with Crippen LogP contribution in [0.5, 0.6) is 0 Å². The van der Waals surface area contributed by atoms with Gasteiger partial charge in [0.15, 0.2) is 0 Å². The van der Waals surface area contributed by atoms with Gasteiger partial charge < -0.3 is 11.8 Å². The monoisotopic (exact) mass is 151 g/mol. The van der Waals surface area contributed by atoms with Gasteiger partial charge in [-0.1, -0.05) is 0 Å². The van der Waals surface area contributed by atoms with Gasteiger partial charge in [-0.25, -0.2) is 0 Å². The Hall–Kier alpha value is 0.960. The molecule has 0 aliphatic rings. The van der Waals surface area contributed by atoms with Crippen molar-refractivity contribution in [3.05, 3.63) is 6.92 Å². The van der Waals surface area contributed by atoms with E-state index in [2.05, 4.69) is 39.5 Å². The molecular weight excluding hydrogens is 133 g/mol. The van der Waals surface area contributed by atoms with E-state index in [-0.39, 0.29) is 29.6 Å². The molecule has 0 spiro atoms. The maximum Gasteiger partial charge on any atom is 1.00 e. The largest absolute Gasteiger partial charge is 1.00 e. The Bertz CT molecular complexity index is 63.7. The number of hydrogen-bond acceptors (Lipinski definition) is 1. The molecule has 0 aromatic heterocycles. The number of hydrogen-bond donors (Lipinski definition) is 0. The summed E-state index contributed by atoms with van der Waals surface area (Å²) in [6.07, 6.45) is 0. The zero-order valence-electron chi connectivity index (χ0n) is 8.02. The minimum absolute atomic E-state index is 0. The zero-order chi connectivity index (χ0) is 7.44. The second-order valence-corrected chi connectivity index (χ2v) is 2.93. The minimum Gasteiger partial charge on any atom is -0.330 e. The fourth-order valence-electron chi connectivity index (χ4n) is 1.11. The summed E-state index contributed by atoms with van der Waals surface area (Å²) in [5.41, 5.74) is 0. The third-order valence-corrected chi connectivity index (χ3v) is 1.58. The average Bonchev–Trinajstić information content (AvgIpc) is 1.64. The Kier molecular flexibility index (Phi) is 9.02. The van der Waals surface area contributed by atoms with E-state index in [1.165, 1.54) is 0 Å². The van der Waals surface area contributed by atoms with Crippen molar-refractivity contribution in [1.82, 2.24) is 4.90 Å². The maximum atomic E-state index is 3.85. The smallest absolute Gasteiger partial charge is 0.330 e. The fraction of sp³-hybridized carbons (Fsp3) is 0.875. The molecule has 0 atom stereocenters. The SMILES string of the molecule is [CH2-]CN(C(C)C)C(C)C.[Na+]. The van der Waals surface area contributed by atoms with Crippen molar-refractivity contribution in [2.75, 3.05) is 6.54 Å². The molecule has 0 aliphatic heterocycles. The number of nitrogens with zero attached hydrogens (tertiary/aromatic N) is 1. The third-order valence-electron chi connectivity index (χ3n) is 1.58. The van der Waals surface area contributed by atoms with Crippen LogP contribution in [0, 0.1) is 6.92 Å². The van der Waals surface area contributed by atoms with Crippen LogP contribution in [0.4, 0.5) is 0 Å². The van der Waals surface area contributed by atoms with Crippen LogP contribution < -0.4 is 29.6 Å². The van der Waals surface area contributed by atoms with Crippen LogP contribution in [0.25, 0.3) is 0 Å². The third kappa shape index (κ3) is 4.73. The predicted octanol–water partition coefficient (Wildman–Crippen LogP) is -1.06. The first-order valence-electron chi connectivity index (χ1n) is 3.64. The summed E-state index contributed by atoms with van der Waals surface area (Å²) in [7, 11) is 0. The minimum atomic E-state index is 0. The van der Waals surface area contributed by atoms with E-state index in [1.54, 1.807) is 0 Å². The molecule has 0 heterocycles. The van der Waals surface area contributed by atoms with E-state index in [0.29, 0.717) is 12.1 Å². The van der Waals surface area contributed by atoms with Gasteiger partial charge in [0, 0.05) is 12.1 Å². The van der Waals surface area contributed by atoms with Crippen LogP contribution in [0.2, 0.25) is 0 Å². The quantitative estimate of drug-likeness (QED) is 0.367. The molecule has 0 N–H and O–H groups in total. The molecule has 0 rings (SSSR count). The first-order chi connectivity index (χ1) is 4.09. The normalized spacial score (nSPS) is 10.8. The molecule has 0 saturated heterocycles. The molecule has 0 fully saturated rings. The molecule has 0 bridgehead atoms. The van der Waals surface area contributed by atoms with Gasteiger partial charge in [0.25, 0.3) is 0 Å². The second kappa shape index (κ2) is 6.66. The van der Waals surface area contributed by atoms with E-state index in [9.17, 15) is 0 Å². The van der Waals surface area contributed by atoms with Crippen molar-refractivity contribution >= 4 is 0 Å². The summed E-state index contributed by atoms with van der Waals surface area (Å²) in [5, 5.41) is 0. The molecular formula is C8H18NNa. The van der Waals surface area contributed by atoms with Gasteiger partial charge in [-0.2, -0.15) is 0 Å². The van der Waals surface area contributed by atoms with Crippen LogP contribution in [0.3, 0.4) is 0 Å². The Morgan fingerprint density at radius 2 is 1.40 bits per heavy atom. The van der Waals surface area contributed by atoms with Crippen molar-refractivity contribution < 1.29 is 29.6 Å². The molecule has 0 amide bonds. The average molecular weight is 151 g/mol. The second-order valence-electron chi connectivity index (χ2n) is 2.93. The van der Waals surface area contributed by atoms with Crippen LogP contribution in [0.1, 0.15) is 27.7 Å². The van der Waals surface area contributed by atoms with E-state index in [1.807, 2.05) is 0 Å². The molecule has 0 aliphatic carbocycles. The number of rotatable bonds is 3. The van der Waals surface area contributed by atoms with Crippen LogP contribution in [0.15, 0.2) is 0 Å². The van der Waals surface area contributed by atoms with Crippen LogP contribution >= 0.6 is 0 Å². The van der Waals surface area contributed by atoms with Crippen molar-refractivity contribution in [2.45, 2.75) is 39.8 Å². The summed E-state index contributed by atoms with van der Waals surface area (Å²) in [6, 6.07) is 1.25. The van der Waals surface area contributed by atoms with Crippen LogP contribution in [-0.2, 0) is 0 Å². The summed E-state index contributed by atoms with van der Waals surface area (Å²) in [4.78, 5) is 2.35. The molecule has 2 heteroatoms. The van der Waals surface area contributed by atoms with Gasteiger partial charge in [-0.3, -0.25) is 0 Å². The zero-order valence-corrected chi connectivity index (χ0v) is 10.0. The van der Waals surface area contributed by atoms with Crippen molar-refractivity contribution in [3.8, 4) is 0 Å². The summed E-state index contributed by atoms with van der Waals surface area (Å²) >= 11 is 0. The molecule has 0 saturated carbocycles. The molecule has 1 nitrogen and oxygen atoms in total. The van der Waals surface area contributed by atoms with Gasteiger partial charge in [-0.05, 0) is 27.7 Å². The van der Waals surface area contributed by atoms with Gasteiger partial charge in [0.05, 0.1) is 0 Å². The van der Waals surface area contributed by atoms with Crippen molar-refractivity contribution in [3.63, 3.8) is 0 Å². The molecule has 56 valence electrons. The summed E-state index contributed by atoms with van der Waals surface area (Å²) in [5.74, 6) is 0. The van der Waals surface area contributed by atoms with Gasteiger partial charge in [0.1, 0.15) is 0 Å². The Balaban J connectivity index is 0. The summed E-state index contributed by atoms with van der Waals surface area (Å²) < 4.78 is 0. The van der Waals surface area contributed by atoms with Gasteiger partial charge >= 0.3 is 29.6 Å². The molecule has 10 heavy (non-hydrogen) atoms. The molecule has 0 aromatic carbocycles. The molecule has 0 aromatic rings. The van der Waals surface area contributed by atoms with E-state index in [0.717, 1.165) is 6.54 Å². The maximum absolute atomic E-state index is 3.85. The Morgan fingerprint density at radius 1 is 1.10 bits per heavy atom. The summed E-state index contributed by atoms with van der Waals surface area (Å²) in [6.45, 7) is 13.6. The van der Waals surface area contributed by atoms with E-state index >= 15 is 0 Å². The van der Waals surface area contributed by atoms with Gasteiger partial charge in [-0.15, -0.1) is 6.54 Å². The predicted molar refractivity (Wildman–Crippen MR) is 42.3 cm³/mol. The standard InChI is InChI=1S/C8H18N.Na/c1-6-9(7(2)3)8(4)5;/h7-8H,1,6H2,2-5H3;/q-1;+1. The first-order valence-corrected chi connectivity index (χ1v) is 3.64. The van der Waals surface area contributed by atoms with E-state index < -0.39 is 0 Å². The fourth-order valence-corrected chi connectivity index (χ4v) is 1.11. The molecule has 0 unspecified atom stereocenters. The molecule has 0 radical (unpaired) electrons. The van der Waals surface area contributed by atoms with Crippen molar-refractivity contribution in [2.24, 2.45) is 0 Å². The Labute approximate surface area is 87.5 Å². The topological polar surface area (TPSA) is 3.24 Å². The van der Waals surface area contributed by atoms with Crippen LogP contribution in [-0.4, -0.2) is 23.5 Å². The van der Waals surface area contributed by atoms with E-state index in [4.69, 9.17) is 0 Å².